The molecule has 0 bridgehead atoms. The number of nitrogens with one attached hydrogen (secondary N) is 2. The lowest BCUT2D eigenvalue weighted by atomic mass is 9.79. The monoisotopic (exact) mass is 422 g/mol. The van der Waals surface area contributed by atoms with Gasteiger partial charge in [-0.1, -0.05) is 49.6 Å². The summed E-state index contributed by atoms with van der Waals surface area (Å²) in [4.78, 5) is 17.3. The largest absolute Gasteiger partial charge is 0.369 e. The second-order valence-corrected chi connectivity index (χ2v) is 9.96. The molecule has 2 amide bonds. The van der Waals surface area contributed by atoms with E-state index in [2.05, 4.69) is 84.1 Å². The molecule has 1 heterocycles. The Labute approximate surface area is 187 Å². The van der Waals surface area contributed by atoms with E-state index < -0.39 is 0 Å². The smallest absolute Gasteiger partial charge is 0.319 e. The maximum absolute atomic E-state index is 12.6. The molecule has 0 aromatic rings. The standard InChI is InChI=1S/C26H38N4O/c1-26(16-13-21(14-17-26)20-7-5-4-6-8-20)28-25(31)27-22-9-11-23(12-10-22)30-18-15-24(19-30)29(2)3/h9-11,13-16,18,20,23-24H,4-8,12,17,19H2,1-3H3,(H2,27,28,31). The van der Waals surface area contributed by atoms with Crippen LogP contribution in [0.15, 0.2) is 60.0 Å². The molecule has 3 atom stereocenters. The van der Waals surface area contributed by atoms with Crippen molar-refractivity contribution in [3.63, 3.8) is 0 Å². The lowest BCUT2D eigenvalue weighted by Gasteiger charge is -2.32. The first-order valence-corrected chi connectivity index (χ1v) is 11.9. The van der Waals surface area contributed by atoms with Crippen LogP contribution in [0.2, 0.25) is 0 Å². The summed E-state index contributed by atoms with van der Waals surface area (Å²) < 4.78 is 0. The molecule has 31 heavy (non-hydrogen) atoms. The third kappa shape index (κ3) is 5.51. The third-order valence-electron chi connectivity index (χ3n) is 7.20. The molecular weight excluding hydrogens is 384 g/mol. The number of likely N-dealkylation sites (N-methyl/N-ethyl adjacent to an activating group) is 1. The number of urea groups is 1. The van der Waals surface area contributed by atoms with Crippen LogP contribution in [0.25, 0.3) is 0 Å². The molecule has 4 rings (SSSR count). The van der Waals surface area contributed by atoms with Gasteiger partial charge in [-0.2, -0.15) is 0 Å². The summed E-state index contributed by atoms with van der Waals surface area (Å²) in [6.07, 6.45) is 26.0. The number of rotatable bonds is 5. The van der Waals surface area contributed by atoms with E-state index in [1.54, 1.807) is 0 Å². The Hall–Kier alpha value is -2.27. The molecule has 0 spiro atoms. The fraction of sp³-hybridized carbons (Fsp3) is 0.577. The van der Waals surface area contributed by atoms with Crippen LogP contribution in [0.4, 0.5) is 4.79 Å². The number of allylic oxidation sites excluding steroid dienone is 3. The zero-order valence-corrected chi connectivity index (χ0v) is 19.3. The molecule has 0 aromatic heterocycles. The van der Waals surface area contributed by atoms with Crippen molar-refractivity contribution < 1.29 is 4.79 Å². The number of carbonyl (C=O) groups is 1. The molecule has 3 unspecified atom stereocenters. The molecule has 3 aliphatic carbocycles. The van der Waals surface area contributed by atoms with Crippen LogP contribution in [-0.2, 0) is 0 Å². The molecule has 4 aliphatic rings. The van der Waals surface area contributed by atoms with Crippen LogP contribution in [0.5, 0.6) is 0 Å². The van der Waals surface area contributed by atoms with E-state index in [1.165, 1.54) is 37.7 Å². The Balaban J connectivity index is 1.24. The van der Waals surface area contributed by atoms with Gasteiger partial charge in [0.05, 0.1) is 11.6 Å². The number of hydrogen-bond acceptors (Lipinski definition) is 3. The van der Waals surface area contributed by atoms with Gasteiger partial charge < -0.3 is 20.4 Å². The van der Waals surface area contributed by atoms with Gasteiger partial charge in [0.25, 0.3) is 0 Å². The van der Waals surface area contributed by atoms with Crippen molar-refractivity contribution in [3.8, 4) is 0 Å². The van der Waals surface area contributed by atoms with Crippen LogP contribution in [0.1, 0.15) is 51.9 Å². The van der Waals surface area contributed by atoms with Gasteiger partial charge in [0.1, 0.15) is 0 Å². The minimum atomic E-state index is -0.328. The van der Waals surface area contributed by atoms with Crippen LogP contribution in [0, 0.1) is 5.92 Å². The molecule has 1 aliphatic heterocycles. The molecule has 168 valence electrons. The Bertz CT molecular complexity index is 815. The first kappa shape index (κ1) is 21.9. The number of nitrogens with zero attached hydrogens (tertiary/aromatic N) is 2. The van der Waals surface area contributed by atoms with Crippen molar-refractivity contribution in [1.82, 2.24) is 20.4 Å². The topological polar surface area (TPSA) is 47.6 Å². The fourth-order valence-corrected chi connectivity index (χ4v) is 5.08. The van der Waals surface area contributed by atoms with Crippen LogP contribution >= 0.6 is 0 Å². The molecule has 0 saturated heterocycles. The van der Waals surface area contributed by atoms with Crippen molar-refractivity contribution in [3.05, 3.63) is 60.0 Å². The molecule has 2 N–H and O–H groups in total. The molecule has 1 fully saturated rings. The summed E-state index contributed by atoms with van der Waals surface area (Å²) in [5, 5.41) is 6.20. The summed E-state index contributed by atoms with van der Waals surface area (Å²) in [7, 11) is 4.23. The van der Waals surface area contributed by atoms with Gasteiger partial charge in [0.2, 0.25) is 0 Å². The molecule has 5 heteroatoms. The highest BCUT2D eigenvalue weighted by Crippen LogP contribution is 2.34. The van der Waals surface area contributed by atoms with Crippen LogP contribution in [-0.4, -0.2) is 54.1 Å². The van der Waals surface area contributed by atoms with E-state index in [9.17, 15) is 4.79 Å². The third-order valence-corrected chi connectivity index (χ3v) is 7.20. The summed E-state index contributed by atoms with van der Waals surface area (Å²) >= 11 is 0. The highest BCUT2D eigenvalue weighted by atomic mass is 16.2. The summed E-state index contributed by atoms with van der Waals surface area (Å²) in [5.74, 6) is 0.715. The van der Waals surface area contributed by atoms with E-state index in [4.69, 9.17) is 0 Å². The van der Waals surface area contributed by atoms with E-state index >= 15 is 0 Å². The van der Waals surface area contributed by atoms with Crippen molar-refractivity contribution in [2.24, 2.45) is 5.92 Å². The van der Waals surface area contributed by atoms with Gasteiger partial charge in [0.15, 0.2) is 0 Å². The maximum Gasteiger partial charge on any atom is 0.319 e. The maximum atomic E-state index is 12.6. The normalized spacial score (nSPS) is 31.0. The van der Waals surface area contributed by atoms with Gasteiger partial charge >= 0.3 is 6.03 Å². The first-order chi connectivity index (χ1) is 14.9. The zero-order chi connectivity index (χ0) is 21.8. The van der Waals surface area contributed by atoms with E-state index in [1.807, 2.05) is 6.08 Å². The predicted octanol–water partition coefficient (Wildman–Crippen LogP) is 4.48. The lowest BCUT2D eigenvalue weighted by molar-refractivity contribution is 0.235. The van der Waals surface area contributed by atoms with E-state index in [-0.39, 0.29) is 11.6 Å². The molecule has 0 aromatic carbocycles. The molecular formula is C26H38N4O. The first-order valence-electron chi connectivity index (χ1n) is 11.9. The summed E-state index contributed by atoms with van der Waals surface area (Å²) in [6, 6.07) is 0.696. The second-order valence-electron chi connectivity index (χ2n) is 9.96. The SMILES string of the molecule is CN(C)C1C=CN(C2C=CC(NC(=O)NC3(C)C=CC(C4CCCCC4)=CC3)=CC2)C1. The van der Waals surface area contributed by atoms with Gasteiger partial charge in [-0.15, -0.1) is 0 Å². The summed E-state index contributed by atoms with van der Waals surface area (Å²) in [5.41, 5.74) is 2.02. The predicted molar refractivity (Wildman–Crippen MR) is 127 cm³/mol. The summed E-state index contributed by atoms with van der Waals surface area (Å²) in [6.45, 7) is 3.11. The van der Waals surface area contributed by atoms with Crippen molar-refractivity contribution >= 4 is 6.03 Å². The Morgan fingerprint density at radius 2 is 1.94 bits per heavy atom. The Morgan fingerprint density at radius 1 is 1.13 bits per heavy atom. The minimum absolute atomic E-state index is 0.134. The fourth-order valence-electron chi connectivity index (χ4n) is 5.08. The van der Waals surface area contributed by atoms with Gasteiger partial charge in [-0.05, 0) is 76.5 Å². The zero-order valence-electron chi connectivity index (χ0n) is 19.3. The van der Waals surface area contributed by atoms with Gasteiger partial charge in [0, 0.05) is 18.3 Å². The molecule has 1 saturated carbocycles. The van der Waals surface area contributed by atoms with Crippen molar-refractivity contribution in [1.29, 1.82) is 0 Å². The van der Waals surface area contributed by atoms with E-state index in [0.29, 0.717) is 18.0 Å². The Kier molecular flexibility index (Phi) is 6.71. The highest BCUT2D eigenvalue weighted by Gasteiger charge is 2.28. The quantitative estimate of drug-likeness (QED) is 0.687. The highest BCUT2D eigenvalue weighted by molar-refractivity contribution is 5.77. The van der Waals surface area contributed by atoms with Crippen molar-refractivity contribution in [2.75, 3.05) is 20.6 Å². The van der Waals surface area contributed by atoms with Gasteiger partial charge in [-0.3, -0.25) is 0 Å². The molecule has 5 nitrogen and oxygen atoms in total. The number of amides is 2. The van der Waals surface area contributed by atoms with Crippen molar-refractivity contribution in [2.45, 2.75) is 69.5 Å². The molecule has 0 radical (unpaired) electrons. The average Bonchev–Trinajstić information content (AvgIpc) is 3.26. The number of hydrogen-bond donors (Lipinski definition) is 2. The minimum Gasteiger partial charge on any atom is -0.369 e. The van der Waals surface area contributed by atoms with Crippen LogP contribution in [0.3, 0.4) is 0 Å². The average molecular weight is 423 g/mol. The number of carbonyl (C=O) groups excluding carboxylic acids is 1. The Morgan fingerprint density at radius 3 is 2.55 bits per heavy atom. The van der Waals surface area contributed by atoms with Gasteiger partial charge in [-0.25, -0.2) is 4.79 Å². The van der Waals surface area contributed by atoms with E-state index in [0.717, 1.165) is 25.1 Å². The van der Waals surface area contributed by atoms with Crippen LogP contribution < -0.4 is 10.6 Å². The lowest BCUT2D eigenvalue weighted by Crippen LogP contribution is -2.49. The second kappa shape index (κ2) is 9.47.